The van der Waals surface area contributed by atoms with Gasteiger partial charge >= 0.3 is 0 Å². The van der Waals surface area contributed by atoms with Crippen molar-refractivity contribution in [2.24, 2.45) is 0 Å². The first-order chi connectivity index (χ1) is 16.7. The zero-order chi connectivity index (χ0) is 23.5. The Labute approximate surface area is 198 Å². The van der Waals surface area contributed by atoms with Crippen LogP contribution >= 0.6 is 0 Å². The van der Waals surface area contributed by atoms with Crippen molar-refractivity contribution in [2.75, 3.05) is 57.3 Å². The molecule has 3 heterocycles. The van der Waals surface area contributed by atoms with Gasteiger partial charge in [-0.1, -0.05) is 18.2 Å². The second-order valence-corrected chi connectivity index (χ2v) is 7.96. The number of hydrogen-bond donors (Lipinski definition) is 0. The van der Waals surface area contributed by atoms with Crippen molar-refractivity contribution in [3.63, 3.8) is 0 Å². The highest BCUT2D eigenvalue weighted by Crippen LogP contribution is 2.41. The quantitative estimate of drug-likeness (QED) is 0.430. The molecule has 0 amide bonds. The van der Waals surface area contributed by atoms with Crippen LogP contribution in [0.4, 0.5) is 11.6 Å². The number of nitrogens with zero attached hydrogens (tertiary/aromatic N) is 5. The van der Waals surface area contributed by atoms with Gasteiger partial charge in [-0.3, -0.25) is 0 Å². The van der Waals surface area contributed by atoms with Crippen molar-refractivity contribution in [1.29, 1.82) is 0 Å². The summed E-state index contributed by atoms with van der Waals surface area (Å²) in [6, 6.07) is 17.9. The summed E-state index contributed by atoms with van der Waals surface area (Å²) in [4.78, 5) is 19.0. The molecule has 0 aliphatic carbocycles. The number of ether oxygens (including phenoxy) is 3. The lowest BCUT2D eigenvalue weighted by atomic mass is 10.1. The van der Waals surface area contributed by atoms with Gasteiger partial charge in [-0.05, 0) is 36.4 Å². The number of methoxy groups -OCH3 is 3. The van der Waals surface area contributed by atoms with E-state index in [2.05, 4.69) is 26.9 Å². The maximum absolute atomic E-state index is 5.55. The molecule has 1 aliphatic rings. The molecule has 0 unspecified atom stereocenters. The van der Waals surface area contributed by atoms with Gasteiger partial charge < -0.3 is 24.0 Å². The molecule has 0 N–H and O–H groups in total. The maximum atomic E-state index is 5.55. The Hall–Kier alpha value is -4.07. The second kappa shape index (κ2) is 9.43. The van der Waals surface area contributed by atoms with Crippen LogP contribution in [0.3, 0.4) is 0 Å². The number of piperazine rings is 1. The first-order valence-electron chi connectivity index (χ1n) is 11.2. The fourth-order valence-corrected chi connectivity index (χ4v) is 4.33. The van der Waals surface area contributed by atoms with Crippen LogP contribution in [0.2, 0.25) is 0 Å². The predicted molar refractivity (Wildman–Crippen MR) is 133 cm³/mol. The Morgan fingerprint density at radius 2 is 1.41 bits per heavy atom. The molecular weight excluding hydrogens is 430 g/mol. The number of para-hydroxylation sites is 1. The molecule has 0 spiro atoms. The molecule has 4 aromatic rings. The van der Waals surface area contributed by atoms with E-state index in [0.29, 0.717) is 23.1 Å². The number of hydrogen-bond acceptors (Lipinski definition) is 8. The minimum absolute atomic E-state index is 0.542. The lowest BCUT2D eigenvalue weighted by molar-refractivity contribution is 0.324. The largest absolute Gasteiger partial charge is 0.493 e. The van der Waals surface area contributed by atoms with Crippen molar-refractivity contribution in [2.45, 2.75) is 0 Å². The summed E-state index contributed by atoms with van der Waals surface area (Å²) in [6.45, 7) is 3.42. The minimum atomic E-state index is 0.542. The summed E-state index contributed by atoms with van der Waals surface area (Å²) < 4.78 is 16.6. The zero-order valence-corrected chi connectivity index (χ0v) is 19.6. The normalized spacial score (nSPS) is 13.7. The molecule has 2 aromatic heterocycles. The third-order valence-electron chi connectivity index (χ3n) is 6.06. The second-order valence-electron chi connectivity index (χ2n) is 7.96. The lowest BCUT2D eigenvalue weighted by Gasteiger charge is -2.36. The minimum Gasteiger partial charge on any atom is -0.493 e. The van der Waals surface area contributed by atoms with Crippen LogP contribution < -0.4 is 24.0 Å². The number of aromatic nitrogens is 3. The molecule has 5 rings (SSSR count). The molecule has 0 bridgehead atoms. The molecule has 1 fully saturated rings. The van der Waals surface area contributed by atoms with E-state index in [1.807, 2.05) is 48.7 Å². The van der Waals surface area contributed by atoms with Gasteiger partial charge in [0, 0.05) is 43.3 Å². The molecule has 1 saturated heterocycles. The summed E-state index contributed by atoms with van der Waals surface area (Å²) >= 11 is 0. The van der Waals surface area contributed by atoms with E-state index in [1.165, 1.54) is 0 Å². The van der Waals surface area contributed by atoms with Gasteiger partial charge in [0.25, 0.3) is 0 Å². The highest BCUT2D eigenvalue weighted by molar-refractivity contribution is 5.91. The fourth-order valence-electron chi connectivity index (χ4n) is 4.33. The van der Waals surface area contributed by atoms with E-state index in [-0.39, 0.29) is 0 Å². The highest BCUT2D eigenvalue weighted by Gasteiger charge is 2.23. The summed E-state index contributed by atoms with van der Waals surface area (Å²) in [5.74, 6) is 4.22. The van der Waals surface area contributed by atoms with Crippen molar-refractivity contribution in [3.8, 4) is 28.6 Å². The van der Waals surface area contributed by atoms with E-state index >= 15 is 0 Å². The Kier molecular flexibility index (Phi) is 6.03. The molecular formula is C26H27N5O3. The smallest absolute Gasteiger partial charge is 0.203 e. The average Bonchev–Trinajstić information content (AvgIpc) is 2.92. The molecule has 34 heavy (non-hydrogen) atoms. The van der Waals surface area contributed by atoms with Gasteiger partial charge in [0.2, 0.25) is 5.75 Å². The van der Waals surface area contributed by atoms with Gasteiger partial charge in [-0.15, -0.1) is 0 Å². The topological polar surface area (TPSA) is 72.8 Å². The summed E-state index contributed by atoms with van der Waals surface area (Å²) in [7, 11) is 4.80. The lowest BCUT2D eigenvalue weighted by Crippen LogP contribution is -2.47. The van der Waals surface area contributed by atoms with Gasteiger partial charge in [0.15, 0.2) is 17.3 Å². The van der Waals surface area contributed by atoms with Crippen LogP contribution in [0, 0.1) is 0 Å². The van der Waals surface area contributed by atoms with E-state index in [0.717, 1.165) is 54.3 Å². The summed E-state index contributed by atoms with van der Waals surface area (Å²) in [5.41, 5.74) is 1.69. The molecule has 8 heteroatoms. The zero-order valence-electron chi connectivity index (χ0n) is 19.6. The van der Waals surface area contributed by atoms with Crippen LogP contribution in [-0.2, 0) is 0 Å². The molecule has 8 nitrogen and oxygen atoms in total. The van der Waals surface area contributed by atoms with Crippen molar-refractivity contribution in [3.05, 3.63) is 60.8 Å². The first-order valence-corrected chi connectivity index (χ1v) is 11.2. The van der Waals surface area contributed by atoms with Crippen LogP contribution in [0.5, 0.6) is 17.2 Å². The van der Waals surface area contributed by atoms with Crippen molar-refractivity contribution >= 4 is 22.5 Å². The number of anilines is 2. The number of rotatable bonds is 6. The monoisotopic (exact) mass is 457 g/mol. The van der Waals surface area contributed by atoms with Crippen LogP contribution in [0.1, 0.15) is 0 Å². The average molecular weight is 458 g/mol. The van der Waals surface area contributed by atoms with Gasteiger partial charge in [-0.2, -0.15) is 0 Å². The third-order valence-corrected chi connectivity index (χ3v) is 6.06. The number of fused-ring (bicyclic) bond motifs is 1. The van der Waals surface area contributed by atoms with Gasteiger partial charge in [-0.25, -0.2) is 15.0 Å². The highest BCUT2D eigenvalue weighted by atomic mass is 16.5. The van der Waals surface area contributed by atoms with E-state index in [9.17, 15) is 0 Å². The molecule has 0 atom stereocenters. The standard InChI is InChI=1S/C26H27N5O3/c1-32-21-16-18(17-22(33-2)24(21)34-3)25-28-20-9-5-4-8-19(20)26(29-25)31-14-12-30(13-15-31)23-10-6-7-11-27-23/h4-11,16-17H,12-15H2,1-3H3. The molecule has 1 aliphatic heterocycles. The predicted octanol–water partition coefficient (Wildman–Crippen LogP) is 4.04. The SMILES string of the molecule is COc1cc(-c2nc(N3CCN(c4ccccn4)CC3)c3ccccc3n2)cc(OC)c1OC. The van der Waals surface area contributed by atoms with Crippen LogP contribution in [0.25, 0.3) is 22.3 Å². The summed E-state index contributed by atoms with van der Waals surface area (Å²) in [5, 5.41) is 1.03. The number of pyridine rings is 1. The molecule has 0 saturated carbocycles. The number of benzene rings is 2. The van der Waals surface area contributed by atoms with E-state index < -0.39 is 0 Å². The van der Waals surface area contributed by atoms with Crippen LogP contribution in [0.15, 0.2) is 60.8 Å². The Morgan fingerprint density at radius 1 is 0.735 bits per heavy atom. The van der Waals surface area contributed by atoms with E-state index in [4.69, 9.17) is 24.2 Å². The maximum Gasteiger partial charge on any atom is 0.203 e. The first kappa shape index (κ1) is 21.8. The molecule has 2 aromatic carbocycles. The summed E-state index contributed by atoms with van der Waals surface area (Å²) in [6.07, 6.45) is 1.84. The Morgan fingerprint density at radius 3 is 2.06 bits per heavy atom. The van der Waals surface area contributed by atoms with Crippen molar-refractivity contribution in [1.82, 2.24) is 15.0 Å². The molecule has 0 radical (unpaired) electrons. The van der Waals surface area contributed by atoms with Crippen molar-refractivity contribution < 1.29 is 14.2 Å². The van der Waals surface area contributed by atoms with Gasteiger partial charge in [0.05, 0.1) is 26.8 Å². The third kappa shape index (κ3) is 4.03. The van der Waals surface area contributed by atoms with Crippen LogP contribution in [-0.4, -0.2) is 62.5 Å². The van der Waals surface area contributed by atoms with Gasteiger partial charge in [0.1, 0.15) is 11.6 Å². The Balaban J connectivity index is 1.53. The fraction of sp³-hybridized carbons (Fsp3) is 0.269. The molecule has 174 valence electrons. The Bertz CT molecular complexity index is 1270. The van der Waals surface area contributed by atoms with E-state index in [1.54, 1.807) is 21.3 Å².